The highest BCUT2D eigenvalue weighted by Crippen LogP contribution is 2.35. The molecule has 0 fully saturated rings. The number of nitrogens with zero attached hydrogens (tertiary/aromatic N) is 2. The van der Waals surface area contributed by atoms with Crippen LogP contribution in [0.25, 0.3) is 22.0 Å². The zero-order valence-electron chi connectivity index (χ0n) is 20.2. The number of aromatic amines is 1. The molecular weight excluding hydrogens is 475 g/mol. The van der Waals surface area contributed by atoms with Gasteiger partial charge in [-0.1, -0.05) is 24.3 Å². The van der Waals surface area contributed by atoms with E-state index in [9.17, 15) is 22.8 Å². The van der Waals surface area contributed by atoms with Gasteiger partial charge in [0.2, 0.25) is 5.88 Å². The molecule has 4 rings (SSSR count). The number of carbonyl (C=O) groups excluding carboxylic acids is 2. The Morgan fingerprint density at radius 1 is 1.11 bits per heavy atom. The molecule has 0 bridgehead atoms. The van der Waals surface area contributed by atoms with Crippen LogP contribution in [-0.2, 0) is 6.18 Å². The summed E-state index contributed by atoms with van der Waals surface area (Å²) in [5.41, 5.74) is 0.962. The standard InChI is InChI=1S/C25H22F3N5O3/c1-13(16-6-4-5-7-19(16)25(26,27)28)31-22(34)18-10-15(12-30-24(18)36-3)14-8-9-17-20(11-14)32-33-21(17)23(35)29-2/h4-13H,1-3H3,(H,29,35)(H,31,34)(H,32,33)/t13-/m1/s1/i3D. The Bertz CT molecular complexity index is 1470. The Balaban J connectivity index is 1.67. The summed E-state index contributed by atoms with van der Waals surface area (Å²) in [5.74, 6) is -1.19. The fourth-order valence-electron chi connectivity index (χ4n) is 3.86. The molecule has 0 radical (unpaired) electrons. The van der Waals surface area contributed by atoms with Gasteiger partial charge in [-0.05, 0) is 42.3 Å². The molecule has 8 nitrogen and oxygen atoms in total. The maximum absolute atomic E-state index is 13.5. The van der Waals surface area contributed by atoms with Crippen molar-refractivity contribution in [1.82, 2.24) is 25.8 Å². The third-order valence-corrected chi connectivity index (χ3v) is 5.65. The van der Waals surface area contributed by atoms with Crippen molar-refractivity contribution in [3.8, 4) is 17.0 Å². The van der Waals surface area contributed by atoms with Crippen LogP contribution in [0.2, 0.25) is 0 Å². The number of pyridine rings is 1. The van der Waals surface area contributed by atoms with Crippen molar-refractivity contribution in [2.75, 3.05) is 14.1 Å². The average molecular weight is 498 g/mol. The van der Waals surface area contributed by atoms with Crippen molar-refractivity contribution < 1.29 is 28.9 Å². The Morgan fingerprint density at radius 3 is 2.61 bits per heavy atom. The highest BCUT2D eigenvalue weighted by molar-refractivity contribution is 6.05. The summed E-state index contributed by atoms with van der Waals surface area (Å²) < 4.78 is 52.9. The van der Waals surface area contributed by atoms with Crippen LogP contribution < -0.4 is 15.4 Å². The highest BCUT2D eigenvalue weighted by atomic mass is 19.4. The van der Waals surface area contributed by atoms with Gasteiger partial charge in [-0.25, -0.2) is 4.98 Å². The van der Waals surface area contributed by atoms with E-state index < -0.39 is 30.8 Å². The Kier molecular flexibility index (Phi) is 6.28. The number of methoxy groups -OCH3 is 1. The lowest BCUT2D eigenvalue weighted by atomic mass is 10.00. The normalized spacial score (nSPS) is 12.6. The van der Waals surface area contributed by atoms with Gasteiger partial charge < -0.3 is 15.4 Å². The maximum Gasteiger partial charge on any atom is 0.416 e. The SMILES string of the molecule is [2H]COc1ncc(-c2ccc3c(C(=O)NC)n[nH]c3c2)cc1C(=O)N[C@H](C)c1ccccc1C(F)(F)F. The van der Waals surface area contributed by atoms with Gasteiger partial charge in [-0.15, -0.1) is 0 Å². The number of ether oxygens (including phenoxy) is 1. The highest BCUT2D eigenvalue weighted by Gasteiger charge is 2.34. The smallest absolute Gasteiger partial charge is 0.416 e. The summed E-state index contributed by atoms with van der Waals surface area (Å²) in [6.07, 6.45) is -3.14. The predicted molar refractivity (Wildman–Crippen MR) is 127 cm³/mol. The van der Waals surface area contributed by atoms with Gasteiger partial charge in [-0.3, -0.25) is 14.7 Å². The van der Waals surface area contributed by atoms with Crippen LogP contribution in [0.15, 0.2) is 54.7 Å². The minimum Gasteiger partial charge on any atom is -0.480 e. The number of rotatable bonds is 6. The number of alkyl halides is 3. The molecule has 2 aromatic carbocycles. The topological polar surface area (TPSA) is 109 Å². The zero-order valence-corrected chi connectivity index (χ0v) is 19.2. The van der Waals surface area contributed by atoms with Gasteiger partial charge in [0.25, 0.3) is 11.8 Å². The molecule has 186 valence electrons. The van der Waals surface area contributed by atoms with Gasteiger partial charge in [0, 0.05) is 24.2 Å². The number of amides is 2. The quantitative estimate of drug-likeness (QED) is 0.363. The van der Waals surface area contributed by atoms with Crippen molar-refractivity contribution in [1.29, 1.82) is 0 Å². The summed E-state index contributed by atoms with van der Waals surface area (Å²) in [6.45, 7) is 1.45. The molecule has 3 N–H and O–H groups in total. The van der Waals surface area contributed by atoms with Crippen LogP contribution in [0.1, 0.15) is 46.3 Å². The molecule has 0 aliphatic heterocycles. The van der Waals surface area contributed by atoms with Crippen LogP contribution in [0.3, 0.4) is 0 Å². The van der Waals surface area contributed by atoms with Crippen molar-refractivity contribution >= 4 is 22.7 Å². The van der Waals surface area contributed by atoms with Crippen LogP contribution >= 0.6 is 0 Å². The molecule has 0 aliphatic carbocycles. The summed E-state index contributed by atoms with van der Waals surface area (Å²) in [5, 5.41) is 12.5. The minimum absolute atomic E-state index is 0.0446. The zero-order chi connectivity index (χ0) is 26.7. The first-order valence-electron chi connectivity index (χ1n) is 11.4. The van der Waals surface area contributed by atoms with Crippen molar-refractivity contribution in [2.24, 2.45) is 0 Å². The molecule has 11 heteroatoms. The molecule has 2 aromatic heterocycles. The van der Waals surface area contributed by atoms with E-state index in [1.54, 1.807) is 18.2 Å². The second-order valence-electron chi connectivity index (χ2n) is 7.91. The van der Waals surface area contributed by atoms with E-state index in [1.165, 1.54) is 44.4 Å². The molecule has 0 saturated carbocycles. The van der Waals surface area contributed by atoms with E-state index in [4.69, 9.17) is 6.11 Å². The Labute approximate surface area is 205 Å². The lowest BCUT2D eigenvalue weighted by Gasteiger charge is -2.20. The second kappa shape index (κ2) is 9.68. The summed E-state index contributed by atoms with van der Waals surface area (Å²) in [6, 6.07) is 10.6. The fourth-order valence-corrected chi connectivity index (χ4v) is 3.86. The predicted octanol–water partition coefficient (Wildman–Crippen LogP) is 4.50. The number of nitrogens with one attached hydrogen (secondary N) is 3. The maximum atomic E-state index is 13.5. The van der Waals surface area contributed by atoms with Gasteiger partial charge in [-0.2, -0.15) is 18.3 Å². The molecule has 0 spiro atoms. The average Bonchev–Trinajstić information content (AvgIpc) is 3.31. The Morgan fingerprint density at radius 2 is 1.89 bits per heavy atom. The summed E-state index contributed by atoms with van der Waals surface area (Å²) in [7, 11) is 0.986. The third-order valence-electron chi connectivity index (χ3n) is 5.65. The molecule has 0 unspecified atom stereocenters. The first-order valence-corrected chi connectivity index (χ1v) is 10.7. The summed E-state index contributed by atoms with van der Waals surface area (Å²) in [4.78, 5) is 29.3. The molecule has 1 atom stereocenters. The number of hydrogen-bond acceptors (Lipinski definition) is 5. The number of H-pyrrole nitrogens is 1. The first kappa shape index (κ1) is 23.3. The number of aromatic nitrogens is 3. The van der Waals surface area contributed by atoms with E-state index in [0.717, 1.165) is 6.07 Å². The third kappa shape index (κ3) is 4.72. The monoisotopic (exact) mass is 498 g/mol. The molecule has 2 amide bonds. The fraction of sp³-hybridized carbons (Fsp3) is 0.200. The lowest BCUT2D eigenvalue weighted by Crippen LogP contribution is -2.29. The molecule has 4 aromatic rings. The van der Waals surface area contributed by atoms with Crippen molar-refractivity contribution in [3.63, 3.8) is 0 Å². The molecule has 36 heavy (non-hydrogen) atoms. The van der Waals surface area contributed by atoms with Crippen LogP contribution in [0, 0.1) is 0 Å². The molecule has 0 saturated heterocycles. The van der Waals surface area contributed by atoms with Crippen LogP contribution in [0.5, 0.6) is 5.88 Å². The van der Waals surface area contributed by atoms with E-state index in [2.05, 4.69) is 25.8 Å². The number of benzene rings is 2. The van der Waals surface area contributed by atoms with Crippen LogP contribution in [-0.4, -0.2) is 41.1 Å². The minimum atomic E-state index is -4.58. The van der Waals surface area contributed by atoms with Gasteiger partial charge in [0.1, 0.15) is 5.56 Å². The van der Waals surface area contributed by atoms with E-state index >= 15 is 0 Å². The lowest BCUT2D eigenvalue weighted by molar-refractivity contribution is -0.138. The Hall–Kier alpha value is -4.41. The number of halogens is 3. The van der Waals surface area contributed by atoms with Gasteiger partial charge >= 0.3 is 6.18 Å². The number of fused-ring (bicyclic) bond motifs is 1. The van der Waals surface area contributed by atoms with E-state index in [1.807, 2.05) is 0 Å². The van der Waals surface area contributed by atoms with Crippen LogP contribution in [0.4, 0.5) is 13.2 Å². The summed E-state index contributed by atoms with van der Waals surface area (Å²) >= 11 is 0. The first-order chi connectivity index (χ1) is 17.6. The second-order valence-corrected chi connectivity index (χ2v) is 7.91. The number of carbonyl (C=O) groups is 2. The van der Waals surface area contributed by atoms with Gasteiger partial charge in [0.05, 0.1) is 25.6 Å². The van der Waals surface area contributed by atoms with Crippen molar-refractivity contribution in [3.05, 3.63) is 77.1 Å². The molecule has 0 aliphatic rings. The van der Waals surface area contributed by atoms with E-state index in [-0.39, 0.29) is 28.6 Å². The van der Waals surface area contributed by atoms with E-state index in [0.29, 0.717) is 22.0 Å². The molecule has 2 heterocycles. The van der Waals surface area contributed by atoms with Gasteiger partial charge in [0.15, 0.2) is 5.69 Å². The molecular formula is C25H22F3N5O3. The van der Waals surface area contributed by atoms with Crippen molar-refractivity contribution in [2.45, 2.75) is 19.1 Å². The number of hydrogen-bond donors (Lipinski definition) is 3. The largest absolute Gasteiger partial charge is 0.480 e.